The molecular weight excluding hydrogens is 388 g/mol. The van der Waals surface area contributed by atoms with Gasteiger partial charge in [0.15, 0.2) is 0 Å². The molecule has 2 aliphatic heterocycles. The van der Waals surface area contributed by atoms with E-state index in [2.05, 4.69) is 16.4 Å². The molecule has 2 amide bonds. The second-order valence-corrected chi connectivity index (χ2v) is 8.74. The monoisotopic (exact) mass is 414 g/mol. The third-order valence-electron chi connectivity index (χ3n) is 5.67. The third kappa shape index (κ3) is 4.13. The first-order valence-corrected chi connectivity index (χ1v) is 10.8. The Kier molecular flexibility index (Phi) is 5.56. The molecule has 0 atom stereocenters. The van der Waals surface area contributed by atoms with Crippen molar-refractivity contribution in [2.45, 2.75) is 38.2 Å². The van der Waals surface area contributed by atoms with E-state index in [9.17, 15) is 9.59 Å². The van der Waals surface area contributed by atoms with Crippen LogP contribution in [-0.2, 0) is 26.3 Å². The average Bonchev–Trinajstić information content (AvgIpc) is 3.14. The van der Waals surface area contributed by atoms with Gasteiger partial charge in [0.2, 0.25) is 11.8 Å². The minimum atomic E-state index is -0.322. The number of nitrogens with one attached hydrogen (secondary N) is 1. The lowest BCUT2D eigenvalue weighted by Crippen LogP contribution is -2.48. The highest BCUT2D eigenvalue weighted by Crippen LogP contribution is 2.46. The molecule has 7 nitrogen and oxygen atoms in total. The smallest absolute Gasteiger partial charge is 0.224 e. The number of carbonyl (C=O) groups is 2. The maximum Gasteiger partial charge on any atom is 0.224 e. The summed E-state index contributed by atoms with van der Waals surface area (Å²) in [5, 5.41) is 2.68. The number of rotatable bonds is 4. The number of pyridine rings is 1. The predicted octanol–water partition coefficient (Wildman–Crippen LogP) is 2.31. The second kappa shape index (κ2) is 8.12. The van der Waals surface area contributed by atoms with Crippen molar-refractivity contribution >= 4 is 29.0 Å². The summed E-state index contributed by atoms with van der Waals surface area (Å²) in [4.78, 5) is 32.2. The summed E-state index contributed by atoms with van der Waals surface area (Å²) in [5.41, 5.74) is 7.68. The summed E-state index contributed by atoms with van der Waals surface area (Å²) in [6.45, 7) is 3.88. The molecule has 29 heavy (non-hydrogen) atoms. The highest BCUT2D eigenvalue weighted by molar-refractivity contribution is 7.15. The minimum Gasteiger partial charge on any atom is -0.384 e. The number of hydrogen-bond acceptors (Lipinski definition) is 6. The Balaban J connectivity index is 1.47. The zero-order chi connectivity index (χ0) is 20.4. The van der Waals surface area contributed by atoms with E-state index in [1.807, 2.05) is 17.0 Å². The topological polar surface area (TPSA) is 97.5 Å². The lowest BCUT2D eigenvalue weighted by atomic mass is 9.82. The van der Waals surface area contributed by atoms with Gasteiger partial charge in [-0.3, -0.25) is 9.59 Å². The Hall–Kier alpha value is -2.45. The molecule has 0 aromatic carbocycles. The van der Waals surface area contributed by atoms with Crippen LogP contribution in [0.25, 0.3) is 10.6 Å². The Morgan fingerprint density at radius 2 is 2.14 bits per heavy atom. The predicted molar refractivity (Wildman–Crippen MR) is 112 cm³/mol. The standard InChI is InChI=1S/C21H26N4O3S/c1-14(26)23-9-5-20(27)25-10-7-21(8-11-25)15-13-18(29-17(15)6-12-28-21)16-3-2-4-19(22)24-16/h2-4,13H,5-12H2,1H3,(H2,22,24)(H,23,26). The van der Waals surface area contributed by atoms with Gasteiger partial charge in [-0.15, -0.1) is 11.3 Å². The van der Waals surface area contributed by atoms with Crippen LogP contribution in [0.15, 0.2) is 24.3 Å². The van der Waals surface area contributed by atoms with Gasteiger partial charge in [-0.05, 0) is 36.6 Å². The molecule has 1 spiro atoms. The summed E-state index contributed by atoms with van der Waals surface area (Å²) >= 11 is 1.77. The highest BCUT2D eigenvalue weighted by atomic mass is 32.1. The molecule has 0 saturated carbocycles. The van der Waals surface area contributed by atoms with Crippen molar-refractivity contribution in [2.24, 2.45) is 0 Å². The van der Waals surface area contributed by atoms with Crippen LogP contribution in [0.2, 0.25) is 0 Å². The van der Waals surface area contributed by atoms with Gasteiger partial charge in [0.1, 0.15) is 5.82 Å². The lowest BCUT2D eigenvalue weighted by molar-refractivity contribution is -0.140. The number of aromatic nitrogens is 1. The summed E-state index contributed by atoms with van der Waals surface area (Å²) in [6.07, 6.45) is 2.81. The number of likely N-dealkylation sites (tertiary alicyclic amines) is 1. The largest absolute Gasteiger partial charge is 0.384 e. The maximum absolute atomic E-state index is 12.4. The molecule has 8 heteroatoms. The number of piperidine rings is 1. The number of thiophene rings is 1. The Morgan fingerprint density at radius 1 is 1.34 bits per heavy atom. The van der Waals surface area contributed by atoms with Crippen molar-refractivity contribution in [1.82, 2.24) is 15.2 Å². The lowest BCUT2D eigenvalue weighted by Gasteiger charge is -2.44. The third-order valence-corrected chi connectivity index (χ3v) is 6.88. The molecule has 0 aliphatic carbocycles. The van der Waals surface area contributed by atoms with Crippen LogP contribution >= 0.6 is 11.3 Å². The van der Waals surface area contributed by atoms with Crippen molar-refractivity contribution in [3.63, 3.8) is 0 Å². The van der Waals surface area contributed by atoms with Crippen LogP contribution in [0.4, 0.5) is 5.82 Å². The maximum atomic E-state index is 12.4. The number of anilines is 1. The molecule has 0 unspecified atom stereocenters. The van der Waals surface area contributed by atoms with E-state index < -0.39 is 0 Å². The Labute approximate surface area is 174 Å². The van der Waals surface area contributed by atoms with Crippen LogP contribution in [-0.4, -0.2) is 47.9 Å². The normalized spacial score (nSPS) is 17.8. The van der Waals surface area contributed by atoms with Gasteiger partial charge in [0.05, 0.1) is 22.8 Å². The van der Waals surface area contributed by atoms with Crippen molar-refractivity contribution in [3.8, 4) is 10.6 Å². The number of nitrogens with zero attached hydrogens (tertiary/aromatic N) is 2. The van der Waals surface area contributed by atoms with E-state index in [1.165, 1.54) is 17.4 Å². The van der Waals surface area contributed by atoms with E-state index >= 15 is 0 Å². The zero-order valence-electron chi connectivity index (χ0n) is 16.6. The fraction of sp³-hybridized carbons (Fsp3) is 0.476. The highest BCUT2D eigenvalue weighted by Gasteiger charge is 2.42. The summed E-state index contributed by atoms with van der Waals surface area (Å²) in [5.74, 6) is 0.493. The number of carbonyl (C=O) groups excluding carboxylic acids is 2. The van der Waals surface area contributed by atoms with E-state index in [1.54, 1.807) is 17.4 Å². The van der Waals surface area contributed by atoms with Gasteiger partial charge in [-0.1, -0.05) is 6.07 Å². The Morgan fingerprint density at radius 3 is 2.86 bits per heavy atom. The van der Waals surface area contributed by atoms with E-state index in [-0.39, 0.29) is 17.4 Å². The molecule has 154 valence electrons. The average molecular weight is 415 g/mol. The number of nitrogens with two attached hydrogens (primary N) is 1. The Bertz CT molecular complexity index is 918. The number of ether oxygens (including phenoxy) is 1. The fourth-order valence-electron chi connectivity index (χ4n) is 4.17. The fourth-order valence-corrected chi connectivity index (χ4v) is 5.37. The van der Waals surface area contributed by atoms with Gasteiger partial charge in [0, 0.05) is 44.3 Å². The summed E-state index contributed by atoms with van der Waals surface area (Å²) in [7, 11) is 0. The first kappa shape index (κ1) is 19.8. The SMILES string of the molecule is CC(=O)NCCC(=O)N1CCC2(CC1)OCCc1sc(-c3cccc(N)n3)cc12. The van der Waals surface area contributed by atoms with Gasteiger partial charge in [-0.2, -0.15) is 0 Å². The van der Waals surface area contributed by atoms with Crippen molar-refractivity contribution in [3.05, 3.63) is 34.7 Å². The molecule has 4 rings (SSSR count). The van der Waals surface area contributed by atoms with Crippen LogP contribution in [0.5, 0.6) is 0 Å². The summed E-state index contributed by atoms with van der Waals surface area (Å²) < 4.78 is 6.31. The van der Waals surface area contributed by atoms with Crippen molar-refractivity contribution < 1.29 is 14.3 Å². The van der Waals surface area contributed by atoms with Crippen LogP contribution in [0, 0.1) is 0 Å². The van der Waals surface area contributed by atoms with Crippen LogP contribution < -0.4 is 11.1 Å². The molecule has 2 aromatic rings. The summed E-state index contributed by atoms with van der Waals surface area (Å²) in [6, 6.07) is 7.90. The zero-order valence-corrected chi connectivity index (χ0v) is 17.4. The molecule has 1 fully saturated rings. The quantitative estimate of drug-likeness (QED) is 0.800. The molecule has 2 aromatic heterocycles. The van der Waals surface area contributed by atoms with Crippen LogP contribution in [0.3, 0.4) is 0 Å². The first-order valence-electron chi connectivity index (χ1n) is 9.99. The first-order chi connectivity index (χ1) is 14.0. The van der Waals surface area contributed by atoms with Gasteiger partial charge in [-0.25, -0.2) is 4.98 Å². The van der Waals surface area contributed by atoms with E-state index in [0.29, 0.717) is 38.5 Å². The van der Waals surface area contributed by atoms with Crippen molar-refractivity contribution in [2.75, 3.05) is 32.0 Å². The molecular formula is C21H26N4O3S. The molecule has 3 N–H and O–H groups in total. The van der Waals surface area contributed by atoms with E-state index in [4.69, 9.17) is 10.5 Å². The molecule has 2 aliphatic rings. The van der Waals surface area contributed by atoms with Gasteiger partial charge < -0.3 is 20.7 Å². The molecule has 4 heterocycles. The van der Waals surface area contributed by atoms with Crippen molar-refractivity contribution in [1.29, 1.82) is 0 Å². The molecule has 0 radical (unpaired) electrons. The number of fused-ring (bicyclic) bond motifs is 2. The van der Waals surface area contributed by atoms with E-state index in [0.717, 1.165) is 29.8 Å². The van der Waals surface area contributed by atoms with Gasteiger partial charge in [0.25, 0.3) is 0 Å². The molecule has 0 bridgehead atoms. The molecule has 1 saturated heterocycles. The number of hydrogen-bond donors (Lipinski definition) is 2. The number of amides is 2. The van der Waals surface area contributed by atoms with Gasteiger partial charge >= 0.3 is 0 Å². The minimum absolute atomic E-state index is 0.0830. The second-order valence-electron chi connectivity index (χ2n) is 7.60. The van der Waals surface area contributed by atoms with Crippen LogP contribution in [0.1, 0.15) is 36.6 Å². The number of nitrogen functional groups attached to an aromatic ring is 1.